The molecular formula is C22H33N5O. The summed E-state index contributed by atoms with van der Waals surface area (Å²) < 4.78 is 5.86. The Morgan fingerprint density at radius 2 is 1.89 bits per heavy atom. The lowest BCUT2D eigenvalue weighted by molar-refractivity contribution is -0.00570. The molecule has 6 heteroatoms. The third-order valence-corrected chi connectivity index (χ3v) is 5.20. The van der Waals surface area contributed by atoms with Crippen LogP contribution >= 0.6 is 0 Å². The van der Waals surface area contributed by atoms with Crippen LogP contribution in [-0.2, 0) is 4.74 Å². The first-order valence-electron chi connectivity index (χ1n) is 10.2. The fraction of sp³-hybridized carbons (Fsp3) is 0.545. The van der Waals surface area contributed by atoms with Crippen LogP contribution in [0.5, 0.6) is 0 Å². The molecule has 28 heavy (non-hydrogen) atoms. The van der Waals surface area contributed by atoms with Crippen molar-refractivity contribution in [2.45, 2.75) is 52.2 Å². The van der Waals surface area contributed by atoms with Crippen LogP contribution in [0, 0.1) is 0 Å². The first kappa shape index (κ1) is 20.4. The second-order valence-corrected chi connectivity index (χ2v) is 8.03. The number of hydrogen-bond acceptors (Lipinski definition) is 6. The number of morpholine rings is 1. The second-order valence-electron chi connectivity index (χ2n) is 8.03. The SMILES string of the molecule is CCC(C)c1cccc(Nc2cc(N(C)C)nc(N3CC(C)O[C@@H](C)C3)n2)c1. The largest absolute Gasteiger partial charge is 0.372 e. The zero-order valence-corrected chi connectivity index (χ0v) is 17.9. The molecule has 0 spiro atoms. The van der Waals surface area contributed by atoms with E-state index in [1.54, 1.807) is 0 Å². The Hall–Kier alpha value is -2.34. The van der Waals surface area contributed by atoms with Crippen LogP contribution in [0.4, 0.5) is 23.3 Å². The van der Waals surface area contributed by atoms with Gasteiger partial charge >= 0.3 is 0 Å². The van der Waals surface area contributed by atoms with Gasteiger partial charge in [0.1, 0.15) is 11.6 Å². The lowest BCUT2D eigenvalue weighted by Crippen LogP contribution is -2.46. The fourth-order valence-corrected chi connectivity index (χ4v) is 3.50. The van der Waals surface area contributed by atoms with E-state index in [1.165, 1.54) is 5.56 Å². The summed E-state index contributed by atoms with van der Waals surface area (Å²) in [4.78, 5) is 13.8. The molecule has 1 aliphatic rings. The third-order valence-electron chi connectivity index (χ3n) is 5.20. The molecule has 1 N–H and O–H groups in total. The maximum atomic E-state index is 5.86. The van der Waals surface area contributed by atoms with Crippen LogP contribution in [0.3, 0.4) is 0 Å². The maximum Gasteiger partial charge on any atom is 0.229 e. The van der Waals surface area contributed by atoms with Gasteiger partial charge in [0.25, 0.3) is 0 Å². The van der Waals surface area contributed by atoms with Crippen molar-refractivity contribution in [3.8, 4) is 0 Å². The molecule has 6 nitrogen and oxygen atoms in total. The number of nitrogens with one attached hydrogen (secondary N) is 1. The molecule has 0 saturated carbocycles. The lowest BCUT2D eigenvalue weighted by atomic mass is 9.98. The summed E-state index contributed by atoms with van der Waals surface area (Å²) >= 11 is 0. The molecule has 152 valence electrons. The van der Waals surface area contributed by atoms with Crippen molar-refractivity contribution in [1.29, 1.82) is 0 Å². The van der Waals surface area contributed by atoms with Gasteiger partial charge in [-0.3, -0.25) is 0 Å². The maximum absolute atomic E-state index is 5.86. The Kier molecular flexibility index (Phi) is 6.39. The van der Waals surface area contributed by atoms with E-state index < -0.39 is 0 Å². The van der Waals surface area contributed by atoms with Crippen molar-refractivity contribution in [2.24, 2.45) is 0 Å². The third kappa shape index (κ3) is 4.93. The minimum absolute atomic E-state index is 0.166. The average Bonchev–Trinajstić information content (AvgIpc) is 2.66. The van der Waals surface area contributed by atoms with Gasteiger partial charge < -0.3 is 19.9 Å². The number of ether oxygens (including phenoxy) is 1. The van der Waals surface area contributed by atoms with Gasteiger partial charge in [-0.15, -0.1) is 0 Å². The minimum Gasteiger partial charge on any atom is -0.372 e. The zero-order chi connectivity index (χ0) is 20.3. The number of rotatable bonds is 6. The summed E-state index contributed by atoms with van der Waals surface area (Å²) in [6, 6.07) is 10.6. The number of aromatic nitrogens is 2. The van der Waals surface area contributed by atoms with Crippen molar-refractivity contribution in [3.05, 3.63) is 35.9 Å². The highest BCUT2D eigenvalue weighted by Crippen LogP contribution is 2.26. The van der Waals surface area contributed by atoms with Crippen LogP contribution in [0.2, 0.25) is 0 Å². The molecule has 3 rings (SSSR count). The molecule has 0 amide bonds. The van der Waals surface area contributed by atoms with Gasteiger partial charge in [-0.25, -0.2) is 0 Å². The van der Waals surface area contributed by atoms with Crippen molar-refractivity contribution in [3.63, 3.8) is 0 Å². The Labute approximate surface area is 168 Å². The number of nitrogens with zero attached hydrogens (tertiary/aromatic N) is 4. The van der Waals surface area contributed by atoms with Gasteiger partial charge in [0, 0.05) is 38.9 Å². The lowest BCUT2D eigenvalue weighted by Gasteiger charge is -2.35. The summed E-state index contributed by atoms with van der Waals surface area (Å²) in [7, 11) is 4.01. The number of anilines is 4. The molecule has 3 atom stereocenters. The number of hydrogen-bond donors (Lipinski definition) is 1. The van der Waals surface area contributed by atoms with Gasteiger partial charge in [-0.1, -0.05) is 26.0 Å². The van der Waals surface area contributed by atoms with Gasteiger partial charge in [0.15, 0.2) is 0 Å². The number of benzene rings is 1. The second kappa shape index (κ2) is 8.78. The van der Waals surface area contributed by atoms with E-state index in [0.717, 1.165) is 42.8 Å². The summed E-state index contributed by atoms with van der Waals surface area (Å²) in [5, 5.41) is 3.48. The molecule has 0 bridgehead atoms. The molecule has 1 saturated heterocycles. The van der Waals surface area contributed by atoms with Crippen LogP contribution in [-0.4, -0.2) is 49.4 Å². The smallest absolute Gasteiger partial charge is 0.229 e. The van der Waals surface area contributed by atoms with Crippen LogP contribution in [0.1, 0.15) is 45.6 Å². The molecule has 0 radical (unpaired) electrons. The fourth-order valence-electron chi connectivity index (χ4n) is 3.50. The van der Waals surface area contributed by atoms with E-state index >= 15 is 0 Å². The first-order chi connectivity index (χ1) is 13.4. The van der Waals surface area contributed by atoms with Gasteiger partial charge in [0.05, 0.1) is 12.2 Å². The summed E-state index contributed by atoms with van der Waals surface area (Å²) in [6.07, 6.45) is 1.46. The van der Waals surface area contributed by atoms with Gasteiger partial charge in [-0.05, 0) is 43.9 Å². The van der Waals surface area contributed by atoms with E-state index in [2.05, 4.69) is 62.2 Å². The molecule has 2 heterocycles. The highest BCUT2D eigenvalue weighted by atomic mass is 16.5. The van der Waals surface area contributed by atoms with Crippen LogP contribution < -0.4 is 15.1 Å². The Morgan fingerprint density at radius 1 is 1.18 bits per heavy atom. The van der Waals surface area contributed by atoms with Crippen molar-refractivity contribution in [2.75, 3.05) is 42.3 Å². The molecule has 1 aromatic carbocycles. The van der Waals surface area contributed by atoms with Crippen LogP contribution in [0.25, 0.3) is 0 Å². The standard InChI is InChI=1S/C22H33N5O/c1-7-15(2)18-9-8-10-19(11-18)23-20-12-21(26(5)6)25-22(24-20)27-13-16(3)28-17(4)14-27/h8-12,15-17H,7,13-14H2,1-6H3,(H,23,24,25)/t15?,16-,17?/m0/s1. The quantitative estimate of drug-likeness (QED) is 0.797. The van der Waals surface area contributed by atoms with E-state index in [9.17, 15) is 0 Å². The topological polar surface area (TPSA) is 53.5 Å². The van der Waals surface area contributed by atoms with E-state index in [0.29, 0.717) is 5.92 Å². The Morgan fingerprint density at radius 3 is 2.54 bits per heavy atom. The normalized spacial score (nSPS) is 20.7. The van der Waals surface area contributed by atoms with Crippen molar-refractivity contribution in [1.82, 2.24) is 9.97 Å². The average molecular weight is 384 g/mol. The molecule has 2 aromatic rings. The molecule has 2 unspecified atom stereocenters. The predicted molar refractivity (Wildman–Crippen MR) is 117 cm³/mol. The Balaban J connectivity index is 1.89. The van der Waals surface area contributed by atoms with E-state index in [1.807, 2.05) is 25.1 Å². The van der Waals surface area contributed by atoms with Crippen molar-refractivity contribution < 1.29 is 4.74 Å². The molecule has 1 fully saturated rings. The van der Waals surface area contributed by atoms with Crippen molar-refractivity contribution >= 4 is 23.3 Å². The first-order valence-corrected chi connectivity index (χ1v) is 10.2. The molecule has 0 aliphatic carbocycles. The predicted octanol–water partition coefficient (Wildman–Crippen LogP) is 4.41. The highest BCUT2D eigenvalue weighted by molar-refractivity contribution is 5.62. The summed E-state index contributed by atoms with van der Waals surface area (Å²) in [5.41, 5.74) is 2.39. The van der Waals surface area contributed by atoms with Crippen LogP contribution in [0.15, 0.2) is 30.3 Å². The highest BCUT2D eigenvalue weighted by Gasteiger charge is 2.25. The Bertz CT molecular complexity index is 784. The molecule has 1 aliphatic heterocycles. The van der Waals surface area contributed by atoms with Gasteiger partial charge in [-0.2, -0.15) is 9.97 Å². The molecular weight excluding hydrogens is 350 g/mol. The zero-order valence-electron chi connectivity index (χ0n) is 17.9. The molecule has 1 aromatic heterocycles. The van der Waals surface area contributed by atoms with Gasteiger partial charge in [0.2, 0.25) is 5.95 Å². The monoisotopic (exact) mass is 383 g/mol. The summed E-state index contributed by atoms with van der Waals surface area (Å²) in [6.45, 7) is 10.3. The summed E-state index contributed by atoms with van der Waals surface area (Å²) in [5.74, 6) is 2.98. The minimum atomic E-state index is 0.166. The van der Waals surface area contributed by atoms with E-state index in [4.69, 9.17) is 14.7 Å². The van der Waals surface area contributed by atoms with E-state index in [-0.39, 0.29) is 12.2 Å².